The van der Waals surface area contributed by atoms with E-state index in [1.54, 1.807) is 0 Å². The molecule has 202 valence electrons. The van der Waals surface area contributed by atoms with Crippen molar-refractivity contribution >= 4 is 11.6 Å². The van der Waals surface area contributed by atoms with E-state index in [0.29, 0.717) is 17.1 Å². The number of hydrogen-bond acceptors (Lipinski definition) is 4. The second-order valence-electron chi connectivity index (χ2n) is 10.4. The van der Waals surface area contributed by atoms with Gasteiger partial charge < -0.3 is 15.8 Å². The molecule has 0 aromatic heterocycles. The van der Waals surface area contributed by atoms with E-state index >= 15 is 0 Å². The minimum absolute atomic E-state index is 0.405. The number of piperazine rings is 1. The van der Waals surface area contributed by atoms with E-state index in [9.17, 15) is 0 Å². The van der Waals surface area contributed by atoms with Crippen LogP contribution in [0.25, 0.3) is 11.1 Å². The van der Waals surface area contributed by atoms with Crippen molar-refractivity contribution in [1.82, 2.24) is 10.2 Å². The van der Waals surface area contributed by atoms with Gasteiger partial charge in [-0.25, -0.2) is 0 Å². The van der Waals surface area contributed by atoms with Crippen LogP contribution in [0.3, 0.4) is 0 Å². The standard InChI is InChI=1S/C34H38ClN3O/c35-30-15-19-34(20-16-30)39-33-17-11-26(12-18-33)22-31-25-38(32(23-37-31)8-4-5-21-36)24-27-9-13-29(14-10-27)28-6-2-1-3-7-28/h1-3,6-7,9-20,31-32,37H,4-5,8,21-25,36H2. The second kappa shape index (κ2) is 13.8. The van der Waals surface area contributed by atoms with Gasteiger partial charge in [-0.1, -0.05) is 84.8 Å². The van der Waals surface area contributed by atoms with Crippen LogP contribution in [0.15, 0.2) is 103 Å². The van der Waals surface area contributed by atoms with Crippen LogP contribution in [-0.4, -0.2) is 36.6 Å². The highest BCUT2D eigenvalue weighted by atomic mass is 35.5. The normalized spacial score (nSPS) is 17.7. The van der Waals surface area contributed by atoms with E-state index in [2.05, 4.69) is 89.1 Å². The minimum Gasteiger partial charge on any atom is -0.457 e. The topological polar surface area (TPSA) is 50.5 Å². The van der Waals surface area contributed by atoms with Gasteiger partial charge in [-0.15, -0.1) is 0 Å². The molecule has 0 bridgehead atoms. The number of benzene rings is 4. The third kappa shape index (κ3) is 7.93. The maximum absolute atomic E-state index is 5.98. The minimum atomic E-state index is 0.405. The largest absolute Gasteiger partial charge is 0.457 e. The molecule has 39 heavy (non-hydrogen) atoms. The molecule has 5 rings (SSSR count). The van der Waals surface area contributed by atoms with Crippen molar-refractivity contribution in [2.75, 3.05) is 19.6 Å². The lowest BCUT2D eigenvalue weighted by molar-refractivity contribution is 0.113. The third-order valence-corrected chi connectivity index (χ3v) is 7.76. The predicted molar refractivity (Wildman–Crippen MR) is 162 cm³/mol. The Labute approximate surface area is 237 Å². The van der Waals surface area contributed by atoms with E-state index in [0.717, 1.165) is 50.5 Å². The Kier molecular flexibility index (Phi) is 9.68. The van der Waals surface area contributed by atoms with Crippen LogP contribution in [0.5, 0.6) is 11.5 Å². The smallest absolute Gasteiger partial charge is 0.127 e. The van der Waals surface area contributed by atoms with Crippen molar-refractivity contribution in [2.45, 2.75) is 44.3 Å². The van der Waals surface area contributed by atoms with Crippen LogP contribution in [0.2, 0.25) is 5.02 Å². The molecule has 0 spiro atoms. The van der Waals surface area contributed by atoms with E-state index in [1.165, 1.54) is 35.1 Å². The maximum Gasteiger partial charge on any atom is 0.127 e. The molecule has 5 heteroatoms. The summed E-state index contributed by atoms with van der Waals surface area (Å²) in [6.07, 6.45) is 4.42. The molecule has 3 N–H and O–H groups in total. The SMILES string of the molecule is NCCCCC1CNC(Cc2ccc(Oc3ccc(Cl)cc3)cc2)CN1Cc1ccc(-c2ccccc2)cc1. The molecule has 0 saturated carbocycles. The molecule has 4 aromatic carbocycles. The Morgan fingerprint density at radius 1 is 0.769 bits per heavy atom. The molecule has 1 aliphatic rings. The lowest BCUT2D eigenvalue weighted by Crippen LogP contribution is -2.56. The number of halogens is 1. The number of ether oxygens (including phenoxy) is 1. The Hall–Kier alpha value is -3.15. The molecule has 2 unspecified atom stereocenters. The summed E-state index contributed by atoms with van der Waals surface area (Å²) in [5.74, 6) is 1.62. The van der Waals surface area contributed by atoms with Crippen molar-refractivity contribution in [3.63, 3.8) is 0 Å². The third-order valence-electron chi connectivity index (χ3n) is 7.51. The number of unbranched alkanes of at least 4 members (excludes halogenated alkanes) is 1. The first-order valence-corrected chi connectivity index (χ1v) is 14.4. The first-order chi connectivity index (χ1) is 19.2. The number of nitrogens with two attached hydrogens (primary N) is 1. The Morgan fingerprint density at radius 3 is 2.10 bits per heavy atom. The van der Waals surface area contributed by atoms with Crippen LogP contribution in [0.1, 0.15) is 30.4 Å². The van der Waals surface area contributed by atoms with Crippen LogP contribution >= 0.6 is 11.6 Å². The molecule has 4 nitrogen and oxygen atoms in total. The van der Waals surface area contributed by atoms with Crippen molar-refractivity contribution in [2.24, 2.45) is 5.73 Å². The number of hydrogen-bond donors (Lipinski definition) is 2. The van der Waals surface area contributed by atoms with Gasteiger partial charge >= 0.3 is 0 Å². The summed E-state index contributed by atoms with van der Waals surface area (Å²) < 4.78 is 5.97. The first kappa shape index (κ1) is 27.4. The fraction of sp³-hybridized carbons (Fsp3) is 0.294. The molecular weight excluding hydrogens is 502 g/mol. The van der Waals surface area contributed by atoms with Gasteiger partial charge in [0.15, 0.2) is 0 Å². The fourth-order valence-electron chi connectivity index (χ4n) is 5.35. The summed E-state index contributed by atoms with van der Waals surface area (Å²) in [5, 5.41) is 4.54. The predicted octanol–water partition coefficient (Wildman–Crippen LogP) is 7.31. The quantitative estimate of drug-likeness (QED) is 0.196. The number of nitrogens with zero attached hydrogens (tertiary/aromatic N) is 1. The van der Waals surface area contributed by atoms with Gasteiger partial charge in [-0.05, 0) is 84.5 Å². The average Bonchev–Trinajstić information content (AvgIpc) is 2.97. The van der Waals surface area contributed by atoms with Crippen molar-refractivity contribution in [3.8, 4) is 22.6 Å². The zero-order valence-corrected chi connectivity index (χ0v) is 23.2. The molecule has 1 aliphatic heterocycles. The van der Waals surface area contributed by atoms with E-state index < -0.39 is 0 Å². The van der Waals surface area contributed by atoms with Crippen LogP contribution < -0.4 is 15.8 Å². The highest BCUT2D eigenvalue weighted by Gasteiger charge is 2.27. The zero-order chi connectivity index (χ0) is 26.9. The van der Waals surface area contributed by atoms with Gasteiger partial charge in [0, 0.05) is 36.7 Å². The maximum atomic E-state index is 5.98. The molecule has 1 saturated heterocycles. The average molecular weight is 540 g/mol. The van der Waals surface area contributed by atoms with Crippen molar-refractivity contribution < 1.29 is 4.74 Å². The Bertz CT molecular complexity index is 1280. The van der Waals surface area contributed by atoms with E-state index in [4.69, 9.17) is 22.1 Å². The van der Waals surface area contributed by atoms with E-state index in [-0.39, 0.29) is 0 Å². The fourth-order valence-corrected chi connectivity index (χ4v) is 5.48. The number of nitrogens with one attached hydrogen (secondary N) is 1. The monoisotopic (exact) mass is 539 g/mol. The van der Waals surface area contributed by atoms with Gasteiger partial charge in [0.2, 0.25) is 0 Å². The molecule has 1 heterocycles. The summed E-state index contributed by atoms with van der Waals surface area (Å²) in [5.41, 5.74) is 11.0. The molecule has 2 atom stereocenters. The van der Waals surface area contributed by atoms with Crippen LogP contribution in [-0.2, 0) is 13.0 Å². The molecule has 1 fully saturated rings. The summed E-state index contributed by atoms with van der Waals surface area (Å²) in [6.45, 7) is 3.77. The Morgan fingerprint density at radius 2 is 1.41 bits per heavy atom. The van der Waals surface area contributed by atoms with Gasteiger partial charge in [0.1, 0.15) is 11.5 Å². The van der Waals surface area contributed by atoms with Crippen LogP contribution in [0.4, 0.5) is 0 Å². The molecule has 0 radical (unpaired) electrons. The van der Waals surface area contributed by atoms with Crippen molar-refractivity contribution in [1.29, 1.82) is 0 Å². The summed E-state index contributed by atoms with van der Waals surface area (Å²) >= 11 is 5.98. The highest BCUT2D eigenvalue weighted by molar-refractivity contribution is 6.30. The number of rotatable bonds is 11. The highest BCUT2D eigenvalue weighted by Crippen LogP contribution is 2.25. The molecule has 0 amide bonds. The summed E-state index contributed by atoms with van der Waals surface area (Å²) in [7, 11) is 0. The zero-order valence-electron chi connectivity index (χ0n) is 22.4. The molecule has 4 aromatic rings. The second-order valence-corrected chi connectivity index (χ2v) is 10.9. The summed E-state index contributed by atoms with van der Waals surface area (Å²) in [4.78, 5) is 2.67. The van der Waals surface area contributed by atoms with Gasteiger partial charge in [0.05, 0.1) is 0 Å². The van der Waals surface area contributed by atoms with Crippen molar-refractivity contribution in [3.05, 3.63) is 119 Å². The first-order valence-electron chi connectivity index (χ1n) is 14.0. The lowest BCUT2D eigenvalue weighted by Gasteiger charge is -2.41. The Balaban J connectivity index is 1.21. The van der Waals surface area contributed by atoms with Crippen LogP contribution in [0, 0.1) is 0 Å². The van der Waals surface area contributed by atoms with Gasteiger partial charge in [0.25, 0.3) is 0 Å². The van der Waals surface area contributed by atoms with Gasteiger partial charge in [-0.3, -0.25) is 4.90 Å². The summed E-state index contributed by atoms with van der Waals surface area (Å²) in [6, 6.07) is 36.5. The van der Waals surface area contributed by atoms with E-state index in [1.807, 2.05) is 24.3 Å². The van der Waals surface area contributed by atoms with Gasteiger partial charge in [-0.2, -0.15) is 0 Å². The molecule has 0 aliphatic carbocycles. The molecular formula is C34H38ClN3O. The lowest BCUT2D eigenvalue weighted by atomic mass is 9.97.